The molecule has 1 saturated heterocycles. The van der Waals surface area contributed by atoms with Gasteiger partial charge in [-0.1, -0.05) is 12.8 Å². The lowest BCUT2D eigenvalue weighted by Crippen LogP contribution is -2.41. The highest BCUT2D eigenvalue weighted by atomic mass is 19.1. The number of furan rings is 1. The lowest BCUT2D eigenvalue weighted by Gasteiger charge is -2.31. The topological polar surface area (TPSA) is 66.6 Å². The summed E-state index contributed by atoms with van der Waals surface area (Å²) in [4.78, 5) is 18.2. The predicted molar refractivity (Wildman–Crippen MR) is 85.8 cm³/mol. The van der Waals surface area contributed by atoms with Gasteiger partial charge in [0.1, 0.15) is 11.9 Å². The van der Waals surface area contributed by atoms with Gasteiger partial charge in [-0.15, -0.1) is 0 Å². The molecule has 6 heteroatoms. The summed E-state index contributed by atoms with van der Waals surface area (Å²) in [5, 5.41) is 10.4. The molecule has 1 aliphatic heterocycles. The van der Waals surface area contributed by atoms with Gasteiger partial charge >= 0.3 is 0 Å². The summed E-state index contributed by atoms with van der Waals surface area (Å²) in [6, 6.07) is 4.70. The summed E-state index contributed by atoms with van der Waals surface area (Å²) in [6.45, 7) is 0.566. The zero-order chi connectivity index (χ0) is 16.9. The largest absolute Gasteiger partial charge is 0.467 e. The van der Waals surface area contributed by atoms with E-state index >= 15 is 0 Å². The van der Waals surface area contributed by atoms with Gasteiger partial charge in [0, 0.05) is 25.2 Å². The Bertz CT molecular complexity index is 675. The SMILES string of the molecule is O=C(c1ccncc1F)N1CCCCC[C@@H]1C[C@H](O)c1ccco1. The molecule has 0 unspecified atom stereocenters. The first-order valence-electron chi connectivity index (χ1n) is 8.29. The van der Waals surface area contributed by atoms with E-state index in [1.165, 1.54) is 18.5 Å². The van der Waals surface area contributed by atoms with Gasteiger partial charge < -0.3 is 14.4 Å². The minimum Gasteiger partial charge on any atom is -0.467 e. The fourth-order valence-corrected chi connectivity index (χ4v) is 3.25. The smallest absolute Gasteiger partial charge is 0.257 e. The molecule has 0 spiro atoms. The number of aliphatic hydroxyl groups excluding tert-OH is 1. The van der Waals surface area contributed by atoms with E-state index in [0.717, 1.165) is 31.9 Å². The lowest BCUT2D eigenvalue weighted by atomic mass is 10.0. The van der Waals surface area contributed by atoms with Crippen LogP contribution in [0, 0.1) is 5.82 Å². The zero-order valence-electron chi connectivity index (χ0n) is 13.4. The molecule has 0 aliphatic carbocycles. The highest BCUT2D eigenvalue weighted by Gasteiger charge is 2.30. The molecule has 0 bridgehead atoms. The van der Waals surface area contributed by atoms with E-state index in [4.69, 9.17) is 4.42 Å². The summed E-state index contributed by atoms with van der Waals surface area (Å²) >= 11 is 0. The second-order valence-corrected chi connectivity index (χ2v) is 6.12. The Labute approximate surface area is 140 Å². The number of aliphatic hydroxyl groups is 1. The van der Waals surface area contributed by atoms with Gasteiger partial charge in [0.05, 0.1) is 18.0 Å². The van der Waals surface area contributed by atoms with Crippen LogP contribution in [-0.4, -0.2) is 33.5 Å². The average molecular weight is 332 g/mol. The zero-order valence-corrected chi connectivity index (χ0v) is 13.4. The Morgan fingerprint density at radius 2 is 2.29 bits per heavy atom. The first-order chi connectivity index (χ1) is 11.7. The number of hydrogen-bond donors (Lipinski definition) is 1. The van der Waals surface area contributed by atoms with Crippen molar-refractivity contribution in [2.24, 2.45) is 0 Å². The third-order valence-corrected chi connectivity index (χ3v) is 4.51. The molecule has 2 atom stereocenters. The quantitative estimate of drug-likeness (QED) is 0.933. The van der Waals surface area contributed by atoms with Crippen molar-refractivity contribution in [3.8, 4) is 0 Å². The maximum atomic E-state index is 13.9. The molecule has 5 nitrogen and oxygen atoms in total. The van der Waals surface area contributed by atoms with Gasteiger partial charge in [0.25, 0.3) is 5.91 Å². The van der Waals surface area contributed by atoms with E-state index < -0.39 is 11.9 Å². The van der Waals surface area contributed by atoms with E-state index in [2.05, 4.69) is 4.98 Å². The van der Waals surface area contributed by atoms with Crippen LogP contribution in [0.15, 0.2) is 41.3 Å². The van der Waals surface area contributed by atoms with Crippen LogP contribution in [0.2, 0.25) is 0 Å². The molecule has 1 aliphatic rings. The number of halogens is 1. The second-order valence-electron chi connectivity index (χ2n) is 6.12. The van der Waals surface area contributed by atoms with Gasteiger partial charge in [-0.05, 0) is 31.0 Å². The fraction of sp³-hybridized carbons (Fsp3) is 0.444. The molecule has 3 rings (SSSR count). The second kappa shape index (κ2) is 7.57. The number of rotatable bonds is 4. The molecular weight excluding hydrogens is 311 g/mol. The Balaban J connectivity index is 1.80. The van der Waals surface area contributed by atoms with Gasteiger partial charge in [-0.3, -0.25) is 9.78 Å². The van der Waals surface area contributed by atoms with Crippen molar-refractivity contribution in [3.63, 3.8) is 0 Å². The Morgan fingerprint density at radius 3 is 3.04 bits per heavy atom. The van der Waals surface area contributed by atoms with Crippen molar-refractivity contribution in [1.82, 2.24) is 9.88 Å². The summed E-state index contributed by atoms with van der Waals surface area (Å²) in [5.74, 6) is -0.465. The molecule has 0 aromatic carbocycles. The molecule has 1 fully saturated rings. The van der Waals surface area contributed by atoms with Crippen LogP contribution in [0.25, 0.3) is 0 Å². The van der Waals surface area contributed by atoms with Gasteiger partial charge in [0.2, 0.25) is 0 Å². The maximum absolute atomic E-state index is 13.9. The van der Waals surface area contributed by atoms with E-state index in [1.54, 1.807) is 17.0 Å². The molecule has 1 amide bonds. The first-order valence-corrected chi connectivity index (χ1v) is 8.29. The summed E-state index contributed by atoms with van der Waals surface area (Å²) in [7, 11) is 0. The highest BCUT2D eigenvalue weighted by Crippen LogP contribution is 2.28. The van der Waals surface area contributed by atoms with Crippen molar-refractivity contribution >= 4 is 5.91 Å². The number of nitrogens with zero attached hydrogens (tertiary/aromatic N) is 2. The van der Waals surface area contributed by atoms with Crippen LogP contribution >= 0.6 is 0 Å². The Morgan fingerprint density at radius 1 is 1.42 bits per heavy atom. The van der Waals surface area contributed by atoms with Gasteiger partial charge in [-0.25, -0.2) is 4.39 Å². The van der Waals surface area contributed by atoms with Crippen molar-refractivity contribution in [3.05, 3.63) is 54.0 Å². The number of hydrogen-bond acceptors (Lipinski definition) is 4. The number of carbonyl (C=O) groups is 1. The normalized spacial score (nSPS) is 19.8. The van der Waals surface area contributed by atoms with Crippen molar-refractivity contribution in [2.45, 2.75) is 44.2 Å². The summed E-state index contributed by atoms with van der Waals surface area (Å²) < 4.78 is 19.2. The standard InChI is InChI=1S/C18H21FN2O3/c19-15-12-20-8-7-14(15)18(23)21-9-3-1-2-5-13(21)11-16(22)17-6-4-10-24-17/h4,6-8,10,12-13,16,22H,1-3,5,9,11H2/t13-,16+/m1/s1. The van der Waals surface area contributed by atoms with Crippen LogP contribution in [0.5, 0.6) is 0 Å². The number of pyridine rings is 1. The fourth-order valence-electron chi connectivity index (χ4n) is 3.25. The summed E-state index contributed by atoms with van der Waals surface area (Å²) in [6.07, 6.45) is 7.27. The average Bonchev–Trinajstić information content (AvgIpc) is 3.03. The highest BCUT2D eigenvalue weighted by molar-refractivity contribution is 5.94. The molecule has 24 heavy (non-hydrogen) atoms. The molecule has 0 saturated carbocycles. The van der Waals surface area contributed by atoms with E-state index in [1.807, 2.05) is 0 Å². The minimum absolute atomic E-state index is 0.0318. The third-order valence-electron chi connectivity index (χ3n) is 4.51. The van der Waals surface area contributed by atoms with E-state index in [0.29, 0.717) is 18.7 Å². The van der Waals surface area contributed by atoms with Crippen LogP contribution < -0.4 is 0 Å². The van der Waals surface area contributed by atoms with Gasteiger partial charge in [0.15, 0.2) is 5.82 Å². The van der Waals surface area contributed by atoms with Crippen LogP contribution in [0.1, 0.15) is 54.3 Å². The van der Waals surface area contributed by atoms with Crippen LogP contribution in [0.3, 0.4) is 0 Å². The van der Waals surface area contributed by atoms with Crippen LogP contribution in [0.4, 0.5) is 4.39 Å². The molecule has 2 aromatic heterocycles. The van der Waals surface area contributed by atoms with E-state index in [-0.39, 0.29) is 17.5 Å². The van der Waals surface area contributed by atoms with Crippen molar-refractivity contribution < 1.29 is 18.7 Å². The maximum Gasteiger partial charge on any atom is 0.257 e. The third kappa shape index (κ3) is 3.64. The molecule has 2 aromatic rings. The number of carbonyl (C=O) groups excluding carboxylic acids is 1. The van der Waals surface area contributed by atoms with Gasteiger partial charge in [-0.2, -0.15) is 0 Å². The molecule has 3 heterocycles. The summed E-state index contributed by atoms with van der Waals surface area (Å²) in [5.41, 5.74) is 0.0318. The number of amides is 1. The number of aromatic nitrogens is 1. The van der Waals surface area contributed by atoms with Crippen LogP contribution in [-0.2, 0) is 0 Å². The monoisotopic (exact) mass is 332 g/mol. The van der Waals surface area contributed by atoms with Crippen molar-refractivity contribution in [1.29, 1.82) is 0 Å². The Kier molecular flexibility index (Phi) is 5.25. The predicted octanol–water partition coefficient (Wildman–Crippen LogP) is 3.32. The first kappa shape index (κ1) is 16.6. The molecular formula is C18H21FN2O3. The number of likely N-dealkylation sites (tertiary alicyclic amines) is 1. The van der Waals surface area contributed by atoms with E-state index in [9.17, 15) is 14.3 Å². The molecule has 1 N–H and O–H groups in total. The molecule has 128 valence electrons. The Hall–Kier alpha value is -2.21. The van der Waals surface area contributed by atoms with Crippen molar-refractivity contribution in [2.75, 3.05) is 6.54 Å². The molecule has 0 radical (unpaired) electrons. The minimum atomic E-state index is -0.777. The lowest BCUT2D eigenvalue weighted by molar-refractivity contribution is 0.0553.